The van der Waals surface area contributed by atoms with Gasteiger partial charge < -0.3 is 11.1 Å². The van der Waals surface area contributed by atoms with Gasteiger partial charge in [-0.15, -0.1) is 22.7 Å². The monoisotopic (exact) mass is 508 g/mol. The number of amides is 2. The molecular weight excluding hydrogens is 485 g/mol. The second-order valence-corrected chi connectivity index (χ2v) is 11.9. The van der Waals surface area contributed by atoms with Crippen molar-refractivity contribution in [2.75, 3.05) is 5.32 Å². The maximum absolute atomic E-state index is 13.2. The van der Waals surface area contributed by atoms with E-state index in [1.165, 1.54) is 23.1 Å². The molecule has 1 unspecified atom stereocenters. The normalized spacial score (nSPS) is 14.1. The average molecular weight is 509 g/mol. The molecule has 1 atom stereocenters. The maximum atomic E-state index is 13.2. The average Bonchev–Trinajstić information content (AvgIpc) is 3.36. The molecule has 2 amide bonds. The third kappa shape index (κ3) is 4.23. The number of nitrogens with two attached hydrogens (primary N) is 1. The Morgan fingerprint density at radius 1 is 1.12 bits per heavy atom. The van der Waals surface area contributed by atoms with Crippen LogP contribution in [0.1, 0.15) is 45.4 Å². The Morgan fingerprint density at radius 2 is 1.88 bits per heavy atom. The maximum Gasteiger partial charge on any atom is 0.251 e. The van der Waals surface area contributed by atoms with Gasteiger partial charge in [0, 0.05) is 15.3 Å². The van der Waals surface area contributed by atoms with Gasteiger partial charge in [-0.1, -0.05) is 42.1 Å². The molecule has 3 N–H and O–H groups in total. The van der Waals surface area contributed by atoms with Crippen molar-refractivity contribution in [2.45, 2.75) is 49.8 Å². The number of hydrogen-bond acceptors (Lipinski definition) is 7. The van der Waals surface area contributed by atoms with E-state index in [-0.39, 0.29) is 5.91 Å². The second-order valence-electron chi connectivity index (χ2n) is 8.29. The first-order chi connectivity index (χ1) is 16.4. The van der Waals surface area contributed by atoms with E-state index in [0.717, 1.165) is 67.4 Å². The number of hydrogen-bond donors (Lipinski definition) is 2. The van der Waals surface area contributed by atoms with Gasteiger partial charge in [0.05, 0.1) is 16.2 Å². The van der Waals surface area contributed by atoms with E-state index in [1.54, 1.807) is 17.7 Å². The fraction of sp³-hybridized carbons (Fsp3) is 0.280. The number of benzene rings is 1. The van der Waals surface area contributed by atoms with Gasteiger partial charge in [0.1, 0.15) is 21.2 Å². The van der Waals surface area contributed by atoms with E-state index in [9.17, 15) is 9.59 Å². The molecule has 6 nitrogen and oxygen atoms in total. The standard InChI is InChI=1S/C25H24N4O2S3/c1-13-18(15-8-4-3-5-9-15)20-23(32-13)27-12-28-24(20)33-14(2)22(31)29-25-19(21(26)30)16-10-6-7-11-17(16)34-25/h3-5,8-9,12,14H,6-7,10-11H2,1-2H3,(H2,26,30)(H,29,31). The van der Waals surface area contributed by atoms with Crippen molar-refractivity contribution >= 4 is 61.5 Å². The van der Waals surface area contributed by atoms with Crippen molar-refractivity contribution < 1.29 is 9.59 Å². The van der Waals surface area contributed by atoms with Gasteiger partial charge in [-0.3, -0.25) is 9.59 Å². The smallest absolute Gasteiger partial charge is 0.251 e. The van der Waals surface area contributed by atoms with E-state index in [4.69, 9.17) is 5.73 Å². The van der Waals surface area contributed by atoms with Crippen LogP contribution in [-0.2, 0) is 17.6 Å². The highest BCUT2D eigenvalue weighted by molar-refractivity contribution is 8.00. The minimum atomic E-state index is -0.478. The lowest BCUT2D eigenvalue weighted by Crippen LogP contribution is -2.24. The van der Waals surface area contributed by atoms with E-state index in [2.05, 4.69) is 34.3 Å². The first-order valence-electron chi connectivity index (χ1n) is 11.2. The Bertz CT molecular complexity index is 1390. The van der Waals surface area contributed by atoms with Crippen molar-refractivity contribution in [3.05, 3.63) is 57.5 Å². The fourth-order valence-electron chi connectivity index (χ4n) is 4.41. The number of rotatable bonds is 6. The molecule has 34 heavy (non-hydrogen) atoms. The number of aromatic nitrogens is 2. The van der Waals surface area contributed by atoms with Crippen LogP contribution in [0.2, 0.25) is 0 Å². The highest BCUT2D eigenvalue weighted by atomic mass is 32.2. The van der Waals surface area contributed by atoms with E-state index < -0.39 is 11.2 Å². The van der Waals surface area contributed by atoms with Gasteiger partial charge in [0.25, 0.3) is 5.91 Å². The van der Waals surface area contributed by atoms with Crippen molar-refractivity contribution in [1.29, 1.82) is 0 Å². The molecule has 3 aromatic heterocycles. The molecule has 0 radical (unpaired) electrons. The van der Waals surface area contributed by atoms with Crippen molar-refractivity contribution in [3.8, 4) is 11.1 Å². The summed E-state index contributed by atoms with van der Waals surface area (Å²) in [5, 5.41) is 4.88. The zero-order valence-electron chi connectivity index (χ0n) is 18.9. The Morgan fingerprint density at radius 3 is 2.65 bits per heavy atom. The minimum Gasteiger partial charge on any atom is -0.365 e. The van der Waals surface area contributed by atoms with Crippen LogP contribution in [0.3, 0.4) is 0 Å². The predicted molar refractivity (Wildman–Crippen MR) is 141 cm³/mol. The van der Waals surface area contributed by atoms with Gasteiger partial charge in [-0.2, -0.15) is 0 Å². The summed E-state index contributed by atoms with van der Waals surface area (Å²) in [6.45, 7) is 3.94. The lowest BCUT2D eigenvalue weighted by molar-refractivity contribution is -0.115. The first kappa shape index (κ1) is 23.0. The number of nitrogens with zero attached hydrogens (tertiary/aromatic N) is 2. The third-order valence-electron chi connectivity index (χ3n) is 6.00. The molecule has 9 heteroatoms. The van der Waals surface area contributed by atoms with Crippen LogP contribution in [0.5, 0.6) is 0 Å². The van der Waals surface area contributed by atoms with Crippen molar-refractivity contribution in [1.82, 2.24) is 9.97 Å². The molecule has 0 bridgehead atoms. The number of carbonyl (C=O) groups excluding carboxylic acids is 2. The summed E-state index contributed by atoms with van der Waals surface area (Å²) >= 11 is 4.52. The van der Waals surface area contributed by atoms with Crippen LogP contribution in [0, 0.1) is 6.92 Å². The number of thiophene rings is 2. The van der Waals surface area contributed by atoms with Gasteiger partial charge in [0.15, 0.2) is 0 Å². The predicted octanol–water partition coefficient (Wildman–Crippen LogP) is 5.83. The molecule has 0 aliphatic heterocycles. The third-order valence-corrected chi connectivity index (χ3v) is 9.32. The molecule has 4 aromatic rings. The summed E-state index contributed by atoms with van der Waals surface area (Å²) in [4.78, 5) is 37.6. The number of nitrogens with one attached hydrogen (secondary N) is 1. The van der Waals surface area contributed by atoms with Crippen LogP contribution in [0.25, 0.3) is 21.3 Å². The van der Waals surface area contributed by atoms with Crippen LogP contribution in [0.15, 0.2) is 41.7 Å². The molecule has 0 spiro atoms. The fourth-order valence-corrected chi connectivity index (χ4v) is 7.71. The summed E-state index contributed by atoms with van der Waals surface area (Å²) in [7, 11) is 0. The molecule has 1 aliphatic rings. The highest BCUT2D eigenvalue weighted by Crippen LogP contribution is 2.42. The Kier molecular flexibility index (Phi) is 6.42. The summed E-state index contributed by atoms with van der Waals surface area (Å²) in [5.41, 5.74) is 9.40. The second kappa shape index (κ2) is 9.48. The van der Waals surface area contributed by atoms with E-state index in [1.807, 2.05) is 25.1 Å². The number of thioether (sulfide) groups is 1. The van der Waals surface area contributed by atoms with Gasteiger partial charge >= 0.3 is 0 Å². The Balaban J connectivity index is 1.44. The van der Waals surface area contributed by atoms with Crippen LogP contribution < -0.4 is 11.1 Å². The highest BCUT2D eigenvalue weighted by Gasteiger charge is 2.27. The number of primary amides is 1. The number of fused-ring (bicyclic) bond motifs is 2. The summed E-state index contributed by atoms with van der Waals surface area (Å²) in [5.74, 6) is -0.653. The summed E-state index contributed by atoms with van der Waals surface area (Å²) in [6, 6.07) is 10.2. The minimum absolute atomic E-state index is 0.175. The zero-order chi connectivity index (χ0) is 23.8. The van der Waals surface area contributed by atoms with Crippen molar-refractivity contribution in [3.63, 3.8) is 0 Å². The Labute approximate surface area is 210 Å². The van der Waals surface area contributed by atoms with Crippen LogP contribution >= 0.6 is 34.4 Å². The van der Waals surface area contributed by atoms with Gasteiger partial charge in [-0.05, 0) is 50.7 Å². The van der Waals surface area contributed by atoms with Crippen LogP contribution in [-0.4, -0.2) is 27.0 Å². The lowest BCUT2D eigenvalue weighted by Gasteiger charge is -2.13. The molecule has 5 rings (SSSR count). The quantitative estimate of drug-likeness (QED) is 0.252. The number of carbonyl (C=O) groups is 2. The molecule has 1 aliphatic carbocycles. The summed E-state index contributed by atoms with van der Waals surface area (Å²) < 4.78 is 0. The van der Waals surface area contributed by atoms with Gasteiger partial charge in [-0.25, -0.2) is 9.97 Å². The SMILES string of the molecule is Cc1sc2ncnc(SC(C)C(=O)Nc3sc4c(c3C(N)=O)CCCC4)c2c1-c1ccccc1. The largest absolute Gasteiger partial charge is 0.365 e. The molecule has 3 heterocycles. The van der Waals surface area contributed by atoms with Gasteiger partial charge in [0.2, 0.25) is 5.91 Å². The molecule has 1 aromatic carbocycles. The molecule has 0 saturated carbocycles. The lowest BCUT2D eigenvalue weighted by atomic mass is 9.95. The molecular formula is C25H24N4O2S3. The molecule has 0 saturated heterocycles. The zero-order valence-corrected chi connectivity index (χ0v) is 21.3. The van der Waals surface area contributed by atoms with E-state index >= 15 is 0 Å². The topological polar surface area (TPSA) is 98.0 Å². The Hall–Kier alpha value is -2.75. The molecule has 0 fully saturated rings. The first-order valence-corrected chi connectivity index (χ1v) is 13.7. The molecule has 174 valence electrons. The number of anilines is 1. The summed E-state index contributed by atoms with van der Waals surface area (Å²) in [6.07, 6.45) is 5.46. The number of aryl methyl sites for hydroxylation is 2. The van der Waals surface area contributed by atoms with Crippen LogP contribution in [0.4, 0.5) is 5.00 Å². The van der Waals surface area contributed by atoms with E-state index in [0.29, 0.717) is 10.6 Å². The van der Waals surface area contributed by atoms with Crippen molar-refractivity contribution in [2.24, 2.45) is 5.73 Å².